The average molecular weight is 282 g/mol. The predicted molar refractivity (Wildman–Crippen MR) is 78.4 cm³/mol. The van der Waals surface area contributed by atoms with Crippen molar-refractivity contribution < 1.29 is 9.18 Å². The number of anilines is 1. The maximum Gasteiger partial charge on any atom is 0.258 e. The molecule has 1 amide bonds. The minimum Gasteiger partial charge on any atom is -0.361 e. The standard InChI is InChI=1S/C17H15FN2O/c18-14-7-3-1-5-12(14)16-19-15-8-4-2-6-13(15)17(21)20(16)11-9-10-11/h1-8,11,16,19H,9-10H2/t16-/m0/s1. The Kier molecular flexibility index (Phi) is 2.70. The number of fused-ring (bicyclic) bond motifs is 1. The van der Waals surface area contributed by atoms with Gasteiger partial charge in [0.1, 0.15) is 12.0 Å². The second-order valence-electron chi connectivity index (χ2n) is 5.56. The number of carbonyl (C=O) groups is 1. The van der Waals surface area contributed by atoms with Gasteiger partial charge < -0.3 is 10.2 Å². The summed E-state index contributed by atoms with van der Waals surface area (Å²) in [7, 11) is 0. The number of hydrogen-bond donors (Lipinski definition) is 1. The van der Waals surface area contributed by atoms with Crippen molar-refractivity contribution in [2.75, 3.05) is 5.32 Å². The molecule has 1 N–H and O–H groups in total. The van der Waals surface area contributed by atoms with E-state index in [9.17, 15) is 9.18 Å². The van der Waals surface area contributed by atoms with Crippen molar-refractivity contribution in [1.29, 1.82) is 0 Å². The van der Waals surface area contributed by atoms with Crippen LogP contribution < -0.4 is 5.32 Å². The van der Waals surface area contributed by atoms with Crippen molar-refractivity contribution in [3.05, 3.63) is 65.5 Å². The van der Waals surface area contributed by atoms with Crippen molar-refractivity contribution in [3.8, 4) is 0 Å². The molecule has 1 atom stereocenters. The third-order valence-electron chi connectivity index (χ3n) is 4.10. The van der Waals surface area contributed by atoms with E-state index >= 15 is 0 Å². The van der Waals surface area contributed by atoms with E-state index in [0.717, 1.165) is 18.5 Å². The molecular formula is C17H15FN2O. The predicted octanol–water partition coefficient (Wildman–Crippen LogP) is 3.55. The lowest BCUT2D eigenvalue weighted by Crippen LogP contribution is -2.44. The number of halogens is 1. The van der Waals surface area contributed by atoms with E-state index in [1.165, 1.54) is 6.07 Å². The van der Waals surface area contributed by atoms with Crippen LogP contribution in [0, 0.1) is 5.82 Å². The molecule has 1 aliphatic carbocycles. The lowest BCUT2D eigenvalue weighted by atomic mass is 10.0. The van der Waals surface area contributed by atoms with E-state index in [2.05, 4.69) is 5.32 Å². The van der Waals surface area contributed by atoms with Gasteiger partial charge in [-0.25, -0.2) is 4.39 Å². The lowest BCUT2D eigenvalue weighted by molar-refractivity contribution is 0.0663. The van der Waals surface area contributed by atoms with Gasteiger partial charge in [-0.15, -0.1) is 0 Å². The summed E-state index contributed by atoms with van der Waals surface area (Å²) in [6.07, 6.45) is 1.54. The van der Waals surface area contributed by atoms with Crippen molar-refractivity contribution in [2.24, 2.45) is 0 Å². The van der Waals surface area contributed by atoms with Crippen molar-refractivity contribution in [3.63, 3.8) is 0 Å². The first-order chi connectivity index (χ1) is 10.3. The molecule has 0 unspecified atom stereocenters. The fourth-order valence-corrected chi connectivity index (χ4v) is 2.92. The minimum atomic E-state index is -0.430. The third-order valence-corrected chi connectivity index (χ3v) is 4.10. The summed E-state index contributed by atoms with van der Waals surface area (Å²) in [5, 5.41) is 3.32. The maximum absolute atomic E-state index is 14.2. The molecule has 0 saturated heterocycles. The van der Waals surface area contributed by atoms with Gasteiger partial charge in [0.05, 0.1) is 5.56 Å². The van der Waals surface area contributed by atoms with Crippen molar-refractivity contribution >= 4 is 11.6 Å². The molecule has 1 aliphatic heterocycles. The maximum atomic E-state index is 14.2. The fourth-order valence-electron chi connectivity index (χ4n) is 2.92. The van der Waals surface area contributed by atoms with Gasteiger partial charge in [-0.1, -0.05) is 30.3 Å². The molecule has 106 valence electrons. The fraction of sp³-hybridized carbons (Fsp3) is 0.235. The SMILES string of the molecule is O=C1c2ccccc2N[C@H](c2ccccc2F)N1C1CC1. The van der Waals surface area contributed by atoms with Crippen LogP contribution in [0.3, 0.4) is 0 Å². The molecule has 0 spiro atoms. The molecule has 4 rings (SSSR count). The molecule has 2 aliphatic rings. The zero-order chi connectivity index (χ0) is 14.4. The van der Waals surface area contributed by atoms with Gasteiger partial charge >= 0.3 is 0 Å². The molecule has 1 heterocycles. The number of amides is 1. The van der Waals surface area contributed by atoms with Crippen LogP contribution in [0.2, 0.25) is 0 Å². The van der Waals surface area contributed by atoms with Crippen LogP contribution in [-0.2, 0) is 0 Å². The van der Waals surface area contributed by atoms with Gasteiger partial charge in [0.25, 0.3) is 5.91 Å². The molecule has 4 heteroatoms. The lowest BCUT2D eigenvalue weighted by Gasteiger charge is -2.38. The molecule has 1 saturated carbocycles. The Labute approximate surface area is 122 Å². The van der Waals surface area contributed by atoms with Gasteiger partial charge in [0.15, 0.2) is 0 Å². The van der Waals surface area contributed by atoms with Crippen molar-refractivity contribution in [1.82, 2.24) is 4.90 Å². The normalized spacial score (nSPS) is 20.9. The highest BCUT2D eigenvalue weighted by atomic mass is 19.1. The number of para-hydroxylation sites is 1. The summed E-state index contributed by atoms with van der Waals surface area (Å²) in [5.41, 5.74) is 1.96. The van der Waals surface area contributed by atoms with E-state index in [4.69, 9.17) is 0 Å². The number of benzene rings is 2. The highest BCUT2D eigenvalue weighted by Gasteiger charge is 2.42. The third kappa shape index (κ3) is 1.98. The molecule has 2 aromatic carbocycles. The second kappa shape index (κ2) is 4.58. The largest absolute Gasteiger partial charge is 0.361 e. The van der Waals surface area contributed by atoms with Gasteiger partial charge in [0.2, 0.25) is 0 Å². The molecule has 0 bridgehead atoms. The first-order valence-electron chi connectivity index (χ1n) is 7.18. The van der Waals surface area contributed by atoms with Gasteiger partial charge in [-0.3, -0.25) is 4.79 Å². The first-order valence-corrected chi connectivity index (χ1v) is 7.18. The molecule has 21 heavy (non-hydrogen) atoms. The highest BCUT2D eigenvalue weighted by molar-refractivity contribution is 6.02. The summed E-state index contributed by atoms with van der Waals surface area (Å²) in [4.78, 5) is 14.5. The summed E-state index contributed by atoms with van der Waals surface area (Å²) in [6, 6.07) is 14.3. The number of nitrogens with one attached hydrogen (secondary N) is 1. The molecule has 1 fully saturated rings. The van der Waals surface area contributed by atoms with E-state index in [0.29, 0.717) is 11.1 Å². The zero-order valence-electron chi connectivity index (χ0n) is 11.4. The van der Waals surface area contributed by atoms with Gasteiger partial charge in [-0.2, -0.15) is 0 Å². The number of carbonyl (C=O) groups excluding carboxylic acids is 1. The van der Waals surface area contributed by atoms with Crippen molar-refractivity contribution in [2.45, 2.75) is 25.0 Å². The first kappa shape index (κ1) is 12.4. The minimum absolute atomic E-state index is 0.0138. The van der Waals surface area contributed by atoms with E-state index in [1.54, 1.807) is 23.1 Å². The summed E-state index contributed by atoms with van der Waals surface area (Å²) in [5.74, 6) is -0.298. The van der Waals surface area contributed by atoms with E-state index in [-0.39, 0.29) is 17.8 Å². The second-order valence-corrected chi connectivity index (χ2v) is 5.56. The number of hydrogen-bond acceptors (Lipinski definition) is 2. The topological polar surface area (TPSA) is 32.3 Å². The van der Waals surface area contributed by atoms with E-state index < -0.39 is 6.17 Å². The van der Waals surface area contributed by atoms with Gasteiger partial charge in [0, 0.05) is 17.3 Å². The van der Waals surface area contributed by atoms with E-state index in [1.807, 2.05) is 24.3 Å². The van der Waals surface area contributed by atoms with Gasteiger partial charge in [-0.05, 0) is 31.0 Å². The molecule has 3 nitrogen and oxygen atoms in total. The Bertz CT molecular complexity index is 711. The Balaban J connectivity index is 1.83. The smallest absolute Gasteiger partial charge is 0.258 e. The van der Waals surface area contributed by atoms with Crippen LogP contribution >= 0.6 is 0 Å². The molecular weight excluding hydrogens is 267 g/mol. The monoisotopic (exact) mass is 282 g/mol. The van der Waals surface area contributed by atoms with Crippen LogP contribution in [0.25, 0.3) is 0 Å². The Morgan fingerprint density at radius 2 is 1.76 bits per heavy atom. The summed E-state index contributed by atoms with van der Waals surface area (Å²) < 4.78 is 14.2. The Morgan fingerprint density at radius 1 is 1.05 bits per heavy atom. The Hall–Kier alpha value is -2.36. The summed E-state index contributed by atoms with van der Waals surface area (Å²) >= 11 is 0. The summed E-state index contributed by atoms with van der Waals surface area (Å²) in [6.45, 7) is 0. The Morgan fingerprint density at radius 3 is 2.52 bits per heavy atom. The highest BCUT2D eigenvalue weighted by Crippen LogP contribution is 2.41. The van der Waals surface area contributed by atoms with Crippen LogP contribution in [-0.4, -0.2) is 16.8 Å². The number of rotatable bonds is 2. The zero-order valence-corrected chi connectivity index (χ0v) is 11.4. The average Bonchev–Trinajstić information content (AvgIpc) is 3.32. The van der Waals surface area contributed by atoms with Crippen LogP contribution in [0.1, 0.15) is 34.9 Å². The quantitative estimate of drug-likeness (QED) is 0.913. The molecule has 0 radical (unpaired) electrons. The van der Waals surface area contributed by atoms with Crippen LogP contribution in [0.4, 0.5) is 10.1 Å². The van der Waals surface area contributed by atoms with Crippen LogP contribution in [0.15, 0.2) is 48.5 Å². The molecule has 0 aromatic heterocycles. The number of nitrogens with zero attached hydrogens (tertiary/aromatic N) is 1. The molecule has 2 aromatic rings. The van der Waals surface area contributed by atoms with Crippen LogP contribution in [0.5, 0.6) is 0 Å².